The summed E-state index contributed by atoms with van der Waals surface area (Å²) in [6.45, 7) is 3.68. The van der Waals surface area contributed by atoms with E-state index < -0.39 is 0 Å². The summed E-state index contributed by atoms with van der Waals surface area (Å²) in [4.78, 5) is 0. The number of nitrogens with one attached hydrogen (secondary N) is 1. The Kier molecular flexibility index (Phi) is 9.59. The molecule has 0 heterocycles. The molecule has 0 aliphatic carbocycles. The van der Waals surface area contributed by atoms with Gasteiger partial charge in [-0.15, -0.1) is 0 Å². The van der Waals surface area contributed by atoms with Gasteiger partial charge in [-0.05, 0) is 32.9 Å². The Labute approximate surface area is 75.3 Å². The summed E-state index contributed by atoms with van der Waals surface area (Å²) in [5.41, 5.74) is 0. The number of hydrogen-bond acceptors (Lipinski definition) is 2. The first-order valence-corrected chi connectivity index (χ1v) is 4.44. The van der Waals surface area contributed by atoms with Crippen LogP contribution in [-0.2, 0) is 4.74 Å². The second-order valence-corrected chi connectivity index (χ2v) is 2.49. The average Bonchev–Trinajstić information content (AvgIpc) is 2.10. The van der Waals surface area contributed by atoms with Crippen molar-refractivity contribution >= 4 is 0 Å². The number of unbranched alkanes of at least 4 members (excludes halogenated alkanes) is 1. The highest BCUT2D eigenvalue weighted by Crippen LogP contribution is 1.92. The molecule has 0 amide bonds. The summed E-state index contributed by atoms with van der Waals surface area (Å²) in [5, 5.41) is 3.01. The molecule has 2 nitrogen and oxygen atoms in total. The van der Waals surface area contributed by atoms with Crippen LogP contribution in [-0.4, -0.2) is 20.2 Å². The van der Waals surface area contributed by atoms with Crippen LogP contribution in [0.5, 0.6) is 0 Å². The van der Waals surface area contributed by atoms with Crippen LogP contribution in [0.1, 0.15) is 19.8 Å². The third kappa shape index (κ3) is 9.24. The predicted molar refractivity (Wildman–Crippen MR) is 53.1 cm³/mol. The SMILES string of the molecule is C/C=C\CC/C=C/OCCNC. The average molecular weight is 169 g/mol. The molecule has 1 N–H and O–H groups in total. The summed E-state index contributed by atoms with van der Waals surface area (Å²) in [5.74, 6) is 0. The molecule has 0 aromatic carbocycles. The Hall–Kier alpha value is -0.760. The summed E-state index contributed by atoms with van der Waals surface area (Å²) < 4.78 is 5.19. The molecule has 0 saturated carbocycles. The highest BCUT2D eigenvalue weighted by molar-refractivity contribution is 4.82. The zero-order chi connectivity index (χ0) is 9.07. The van der Waals surface area contributed by atoms with E-state index >= 15 is 0 Å². The van der Waals surface area contributed by atoms with Crippen molar-refractivity contribution in [2.45, 2.75) is 19.8 Å². The summed E-state index contributed by atoms with van der Waals surface area (Å²) in [6, 6.07) is 0. The monoisotopic (exact) mass is 169 g/mol. The first-order chi connectivity index (χ1) is 5.91. The van der Waals surface area contributed by atoms with E-state index in [9.17, 15) is 0 Å². The van der Waals surface area contributed by atoms with E-state index in [0.29, 0.717) is 0 Å². The Morgan fingerprint density at radius 3 is 2.67 bits per heavy atom. The van der Waals surface area contributed by atoms with E-state index in [1.165, 1.54) is 0 Å². The van der Waals surface area contributed by atoms with Crippen molar-refractivity contribution in [3.8, 4) is 0 Å². The van der Waals surface area contributed by atoms with Crippen molar-refractivity contribution in [3.05, 3.63) is 24.5 Å². The van der Waals surface area contributed by atoms with Gasteiger partial charge in [-0.3, -0.25) is 0 Å². The normalized spacial score (nSPS) is 11.5. The van der Waals surface area contributed by atoms with Crippen LogP contribution in [0.3, 0.4) is 0 Å². The fraction of sp³-hybridized carbons (Fsp3) is 0.600. The van der Waals surface area contributed by atoms with E-state index in [2.05, 4.69) is 23.5 Å². The Morgan fingerprint density at radius 2 is 2.00 bits per heavy atom. The van der Waals surface area contributed by atoms with Gasteiger partial charge in [0.1, 0.15) is 0 Å². The van der Waals surface area contributed by atoms with Crippen molar-refractivity contribution in [2.24, 2.45) is 0 Å². The molecule has 12 heavy (non-hydrogen) atoms. The summed E-state index contributed by atoms with van der Waals surface area (Å²) in [6.07, 6.45) is 10.2. The van der Waals surface area contributed by atoms with Crippen molar-refractivity contribution in [1.82, 2.24) is 5.32 Å². The Balaban J connectivity index is 3.03. The fourth-order valence-corrected chi connectivity index (χ4v) is 0.724. The highest BCUT2D eigenvalue weighted by Gasteiger charge is 1.78. The van der Waals surface area contributed by atoms with E-state index in [1.54, 1.807) is 6.26 Å². The third-order valence-electron chi connectivity index (χ3n) is 1.40. The van der Waals surface area contributed by atoms with Crippen LogP contribution >= 0.6 is 0 Å². The lowest BCUT2D eigenvalue weighted by molar-refractivity contribution is 0.251. The van der Waals surface area contributed by atoms with E-state index in [1.807, 2.05) is 14.0 Å². The van der Waals surface area contributed by atoms with Gasteiger partial charge in [0.05, 0.1) is 12.9 Å². The van der Waals surface area contributed by atoms with E-state index in [4.69, 9.17) is 4.74 Å². The number of ether oxygens (including phenoxy) is 1. The van der Waals surface area contributed by atoms with Gasteiger partial charge in [0.15, 0.2) is 0 Å². The van der Waals surface area contributed by atoms with Crippen molar-refractivity contribution < 1.29 is 4.74 Å². The molecule has 0 aliphatic rings. The molecule has 0 rings (SSSR count). The molecule has 70 valence electrons. The van der Waals surface area contributed by atoms with E-state index in [0.717, 1.165) is 26.0 Å². The lowest BCUT2D eigenvalue weighted by Gasteiger charge is -1.97. The molecule has 0 aromatic heterocycles. The van der Waals surface area contributed by atoms with Gasteiger partial charge in [0.25, 0.3) is 0 Å². The molecular formula is C10H19NO. The summed E-state index contributed by atoms with van der Waals surface area (Å²) in [7, 11) is 1.92. The predicted octanol–water partition coefficient (Wildman–Crippen LogP) is 2.09. The largest absolute Gasteiger partial charge is 0.500 e. The molecular weight excluding hydrogens is 150 g/mol. The molecule has 2 heteroatoms. The van der Waals surface area contributed by atoms with Gasteiger partial charge in [-0.1, -0.05) is 12.2 Å². The molecule has 0 atom stereocenters. The van der Waals surface area contributed by atoms with Gasteiger partial charge in [0, 0.05) is 6.54 Å². The standard InChI is InChI=1S/C10H19NO/c1-3-4-5-6-7-9-12-10-8-11-2/h3-4,7,9,11H,5-6,8,10H2,1-2H3/b4-3-,9-7+. The molecule has 0 bridgehead atoms. The molecule has 0 spiro atoms. The minimum absolute atomic E-state index is 0.747. The topological polar surface area (TPSA) is 21.3 Å². The molecule has 0 fully saturated rings. The van der Waals surface area contributed by atoms with Crippen molar-refractivity contribution in [1.29, 1.82) is 0 Å². The number of hydrogen-bond donors (Lipinski definition) is 1. The minimum atomic E-state index is 0.747. The molecule has 0 unspecified atom stereocenters. The van der Waals surface area contributed by atoms with Crippen LogP contribution in [0.4, 0.5) is 0 Å². The maximum absolute atomic E-state index is 5.19. The first-order valence-electron chi connectivity index (χ1n) is 4.44. The highest BCUT2D eigenvalue weighted by atomic mass is 16.5. The van der Waals surface area contributed by atoms with Gasteiger partial charge < -0.3 is 10.1 Å². The zero-order valence-corrected chi connectivity index (χ0v) is 8.05. The number of rotatable bonds is 7. The van der Waals surface area contributed by atoms with Gasteiger partial charge >= 0.3 is 0 Å². The first kappa shape index (κ1) is 11.2. The summed E-state index contributed by atoms with van der Waals surface area (Å²) >= 11 is 0. The van der Waals surface area contributed by atoms with Gasteiger partial charge in [-0.2, -0.15) is 0 Å². The molecule has 0 saturated heterocycles. The number of likely N-dealkylation sites (N-methyl/N-ethyl adjacent to an activating group) is 1. The van der Waals surface area contributed by atoms with Crippen molar-refractivity contribution in [2.75, 3.05) is 20.2 Å². The van der Waals surface area contributed by atoms with Crippen molar-refractivity contribution in [3.63, 3.8) is 0 Å². The van der Waals surface area contributed by atoms with E-state index in [-0.39, 0.29) is 0 Å². The smallest absolute Gasteiger partial charge is 0.0997 e. The third-order valence-corrected chi connectivity index (χ3v) is 1.40. The maximum atomic E-state index is 5.19. The molecule has 0 aromatic rings. The van der Waals surface area contributed by atoms with Crippen LogP contribution in [0.25, 0.3) is 0 Å². The van der Waals surface area contributed by atoms with Gasteiger partial charge in [0.2, 0.25) is 0 Å². The Bertz CT molecular complexity index is 130. The van der Waals surface area contributed by atoms with Crippen LogP contribution in [0.2, 0.25) is 0 Å². The quantitative estimate of drug-likeness (QED) is 0.358. The second-order valence-electron chi connectivity index (χ2n) is 2.49. The van der Waals surface area contributed by atoms with Crippen LogP contribution in [0, 0.1) is 0 Å². The lowest BCUT2D eigenvalue weighted by atomic mass is 10.3. The molecule has 0 radical (unpaired) electrons. The zero-order valence-electron chi connectivity index (χ0n) is 8.05. The lowest BCUT2D eigenvalue weighted by Crippen LogP contribution is -2.12. The number of allylic oxidation sites excluding steroid dienone is 3. The fourth-order valence-electron chi connectivity index (χ4n) is 0.724. The second kappa shape index (κ2) is 10.2. The maximum Gasteiger partial charge on any atom is 0.0997 e. The minimum Gasteiger partial charge on any atom is -0.500 e. The Morgan fingerprint density at radius 1 is 1.25 bits per heavy atom. The van der Waals surface area contributed by atoms with Crippen LogP contribution < -0.4 is 5.32 Å². The van der Waals surface area contributed by atoms with Gasteiger partial charge in [-0.25, -0.2) is 0 Å². The van der Waals surface area contributed by atoms with Crippen LogP contribution in [0.15, 0.2) is 24.5 Å². The molecule has 0 aliphatic heterocycles.